The van der Waals surface area contributed by atoms with Gasteiger partial charge in [0, 0.05) is 19.3 Å². The van der Waals surface area contributed by atoms with Gasteiger partial charge in [-0.05, 0) is 128 Å². The molecule has 0 aromatic rings. The van der Waals surface area contributed by atoms with E-state index in [9.17, 15) is 14.4 Å². The van der Waals surface area contributed by atoms with Crippen LogP contribution in [0.4, 0.5) is 0 Å². The molecule has 0 atom stereocenters. The lowest BCUT2D eigenvalue weighted by Gasteiger charge is -2.18. The van der Waals surface area contributed by atoms with Gasteiger partial charge in [0.1, 0.15) is 13.2 Å². The Bertz CT molecular complexity index is 1540. The third kappa shape index (κ3) is 58.1. The lowest BCUT2D eigenvalue weighted by molar-refractivity contribution is -0.166. The molecular weight excluding hydrogens is 901 g/mol. The highest BCUT2D eigenvalue weighted by Crippen LogP contribution is 2.12. The van der Waals surface area contributed by atoms with Crippen molar-refractivity contribution in [3.05, 3.63) is 146 Å². The second-order valence-corrected chi connectivity index (χ2v) is 18.8. The van der Waals surface area contributed by atoms with E-state index in [0.717, 1.165) is 89.9 Å². The van der Waals surface area contributed by atoms with Crippen LogP contribution in [-0.2, 0) is 28.6 Å². The number of ether oxygens (including phenoxy) is 3. The van der Waals surface area contributed by atoms with Crippen LogP contribution in [0.1, 0.15) is 239 Å². The molecule has 0 N–H and O–H groups in total. The molecular formula is C67H106O6. The molecule has 0 aliphatic carbocycles. The van der Waals surface area contributed by atoms with E-state index in [2.05, 4.69) is 142 Å². The highest BCUT2D eigenvalue weighted by atomic mass is 16.6. The van der Waals surface area contributed by atoms with E-state index in [1.807, 2.05) is 24.3 Å². The van der Waals surface area contributed by atoms with Gasteiger partial charge in [0.15, 0.2) is 6.10 Å². The summed E-state index contributed by atoms with van der Waals surface area (Å²) in [5.41, 5.74) is 0. The molecule has 0 heterocycles. The second kappa shape index (κ2) is 59.8. The zero-order valence-electron chi connectivity index (χ0n) is 46.8. The maximum Gasteiger partial charge on any atom is 0.306 e. The molecule has 0 fully saturated rings. The van der Waals surface area contributed by atoms with Gasteiger partial charge in [-0.3, -0.25) is 14.4 Å². The molecule has 6 heteroatoms. The lowest BCUT2D eigenvalue weighted by atomic mass is 10.1. The Hall–Kier alpha value is -4.71. The van der Waals surface area contributed by atoms with Gasteiger partial charge in [-0.2, -0.15) is 0 Å². The van der Waals surface area contributed by atoms with Gasteiger partial charge in [-0.25, -0.2) is 0 Å². The summed E-state index contributed by atoms with van der Waals surface area (Å²) in [6.45, 7) is 6.41. The fourth-order valence-corrected chi connectivity index (χ4v) is 7.38. The van der Waals surface area contributed by atoms with E-state index >= 15 is 0 Å². The van der Waals surface area contributed by atoms with Crippen molar-refractivity contribution in [1.29, 1.82) is 0 Å². The van der Waals surface area contributed by atoms with Crippen molar-refractivity contribution < 1.29 is 28.6 Å². The van der Waals surface area contributed by atoms with E-state index in [4.69, 9.17) is 14.2 Å². The minimum Gasteiger partial charge on any atom is -0.462 e. The average molecular weight is 1010 g/mol. The van der Waals surface area contributed by atoms with Crippen molar-refractivity contribution in [2.75, 3.05) is 13.2 Å². The molecule has 0 unspecified atom stereocenters. The molecule has 0 saturated carbocycles. The normalized spacial score (nSPS) is 12.8. The smallest absolute Gasteiger partial charge is 0.306 e. The van der Waals surface area contributed by atoms with Gasteiger partial charge in [0.05, 0.1) is 0 Å². The van der Waals surface area contributed by atoms with Gasteiger partial charge >= 0.3 is 17.9 Å². The van der Waals surface area contributed by atoms with E-state index < -0.39 is 6.10 Å². The first kappa shape index (κ1) is 68.3. The van der Waals surface area contributed by atoms with Gasteiger partial charge in [-0.1, -0.05) is 237 Å². The number of carbonyl (C=O) groups is 3. The average Bonchev–Trinajstić information content (AvgIpc) is 3.39. The largest absolute Gasteiger partial charge is 0.462 e. The van der Waals surface area contributed by atoms with Gasteiger partial charge in [-0.15, -0.1) is 0 Å². The molecule has 0 aliphatic rings. The van der Waals surface area contributed by atoms with E-state index in [1.165, 1.54) is 96.3 Å². The number of hydrogen-bond acceptors (Lipinski definition) is 6. The van der Waals surface area contributed by atoms with Gasteiger partial charge < -0.3 is 14.2 Å². The minimum atomic E-state index is -0.850. The van der Waals surface area contributed by atoms with E-state index in [1.54, 1.807) is 0 Å². The van der Waals surface area contributed by atoms with Crippen LogP contribution < -0.4 is 0 Å². The van der Waals surface area contributed by atoms with Crippen LogP contribution in [0.5, 0.6) is 0 Å². The predicted octanol–water partition coefficient (Wildman–Crippen LogP) is 20.0. The molecule has 0 aromatic heterocycles. The molecule has 0 aliphatic heterocycles. The summed E-state index contributed by atoms with van der Waals surface area (Å²) in [4.78, 5) is 38.1. The Morgan fingerprint density at radius 3 is 0.822 bits per heavy atom. The summed E-state index contributed by atoms with van der Waals surface area (Å²) < 4.78 is 16.7. The van der Waals surface area contributed by atoms with Crippen molar-refractivity contribution >= 4 is 17.9 Å². The number of allylic oxidation sites excluding steroid dienone is 24. The van der Waals surface area contributed by atoms with Crippen LogP contribution >= 0.6 is 0 Å². The van der Waals surface area contributed by atoms with Crippen molar-refractivity contribution in [3.63, 3.8) is 0 Å². The summed E-state index contributed by atoms with van der Waals surface area (Å²) in [5.74, 6) is -1.12. The number of esters is 3. The predicted molar refractivity (Wildman–Crippen MR) is 315 cm³/mol. The quantitative estimate of drug-likeness (QED) is 0.0261. The first-order chi connectivity index (χ1) is 36.0. The molecule has 0 spiro atoms. The highest BCUT2D eigenvalue weighted by molar-refractivity contribution is 5.71. The molecule has 73 heavy (non-hydrogen) atoms. The molecule has 0 radical (unpaired) electrons. The number of hydrogen-bond donors (Lipinski definition) is 0. The van der Waals surface area contributed by atoms with Crippen LogP contribution in [-0.4, -0.2) is 37.2 Å². The first-order valence-corrected chi connectivity index (χ1v) is 29.3. The second-order valence-electron chi connectivity index (χ2n) is 18.8. The zero-order valence-corrected chi connectivity index (χ0v) is 46.8. The lowest BCUT2D eigenvalue weighted by Crippen LogP contribution is -2.30. The van der Waals surface area contributed by atoms with Crippen molar-refractivity contribution in [2.45, 2.75) is 245 Å². The highest BCUT2D eigenvalue weighted by Gasteiger charge is 2.19. The van der Waals surface area contributed by atoms with Crippen molar-refractivity contribution in [2.24, 2.45) is 0 Å². The van der Waals surface area contributed by atoms with Crippen LogP contribution in [0.25, 0.3) is 0 Å². The topological polar surface area (TPSA) is 78.9 Å². The van der Waals surface area contributed by atoms with Crippen molar-refractivity contribution in [1.82, 2.24) is 0 Å². The Balaban J connectivity index is 4.64. The summed E-state index contributed by atoms with van der Waals surface area (Å²) >= 11 is 0. The number of unbranched alkanes of at least 4 members (excludes halogenated alkanes) is 16. The number of rotatable bonds is 51. The molecule has 0 rings (SSSR count). The van der Waals surface area contributed by atoms with Gasteiger partial charge in [0.25, 0.3) is 0 Å². The third-order valence-corrected chi connectivity index (χ3v) is 11.8. The van der Waals surface area contributed by atoms with Gasteiger partial charge in [0.2, 0.25) is 0 Å². The Morgan fingerprint density at radius 1 is 0.274 bits per heavy atom. The molecule has 410 valence electrons. The van der Waals surface area contributed by atoms with Crippen LogP contribution in [0, 0.1) is 0 Å². The summed E-state index contributed by atoms with van der Waals surface area (Å²) in [5, 5.41) is 0. The van der Waals surface area contributed by atoms with Crippen LogP contribution in [0.15, 0.2) is 146 Å². The summed E-state index contributed by atoms with van der Waals surface area (Å²) in [6, 6.07) is 0. The standard InChI is InChI=1S/C67H106O6/c1-4-7-10-13-16-19-22-25-28-31-33-36-38-41-44-47-50-53-56-59-65(68)71-62-64(73-67(70)61-58-55-52-49-46-43-40-35-30-27-24-21-18-15-12-9-6-3)63-72-66(69)60-57-54-51-48-45-42-39-37-34-32-29-26-23-20-17-14-11-8-5-2/h16-21,25-30,33-34,36-37,41-42,44-45,50-51,53-54,64H,4-15,22-24,31-32,35,38-40,43,46-49,52,55-63H2,1-3H3/b19-16-,20-17-,21-18-,28-25-,29-26-,30-27-,36-33-,37-34-,44-41-,45-42-,53-50-,54-51-. The van der Waals surface area contributed by atoms with E-state index in [0.29, 0.717) is 12.8 Å². The molecule has 0 amide bonds. The minimum absolute atomic E-state index is 0.149. The summed E-state index contributed by atoms with van der Waals surface area (Å²) in [7, 11) is 0. The van der Waals surface area contributed by atoms with E-state index in [-0.39, 0.29) is 50.4 Å². The fourth-order valence-electron chi connectivity index (χ4n) is 7.38. The maximum atomic E-state index is 12.9. The molecule has 0 aromatic carbocycles. The SMILES string of the molecule is CCCCC/C=C\C/C=C\C/C=C\C/C=C\C/C=C\CCC(=O)OCC(COC(=O)CC/C=C\C/C=C\C/C=C\C/C=C\C/C=C\CCCCC)OC(=O)CCCCCCCCC/C=C\C/C=C\CCCCC. The third-order valence-electron chi connectivity index (χ3n) is 11.8. The first-order valence-electron chi connectivity index (χ1n) is 29.3. The van der Waals surface area contributed by atoms with Crippen LogP contribution in [0.3, 0.4) is 0 Å². The summed E-state index contributed by atoms with van der Waals surface area (Å²) in [6.07, 6.45) is 85.7. The Labute approximate surface area is 448 Å². The Morgan fingerprint density at radius 2 is 0.521 bits per heavy atom. The molecule has 6 nitrogen and oxygen atoms in total. The monoisotopic (exact) mass is 1010 g/mol. The number of carbonyl (C=O) groups excluding carboxylic acids is 3. The molecule has 0 bridgehead atoms. The fraction of sp³-hybridized carbons (Fsp3) is 0.597. The van der Waals surface area contributed by atoms with Crippen LogP contribution in [0.2, 0.25) is 0 Å². The van der Waals surface area contributed by atoms with Crippen molar-refractivity contribution in [3.8, 4) is 0 Å². The molecule has 0 saturated heterocycles. The zero-order chi connectivity index (χ0) is 52.9. The maximum absolute atomic E-state index is 12.9. The Kier molecular flexibility index (Phi) is 56.0.